The quantitative estimate of drug-likeness (QED) is 0.497. The summed E-state index contributed by atoms with van der Waals surface area (Å²) in [5.74, 6) is 1.12. The van der Waals surface area contributed by atoms with Crippen LogP contribution in [0, 0.1) is 15.5 Å². The van der Waals surface area contributed by atoms with Crippen LogP contribution in [0.15, 0.2) is 0 Å². The monoisotopic (exact) mass is 378 g/mol. The molecule has 5 heterocycles. The van der Waals surface area contributed by atoms with Crippen molar-refractivity contribution < 1.29 is 4.74 Å². The van der Waals surface area contributed by atoms with Gasteiger partial charge < -0.3 is 4.74 Å². The third kappa shape index (κ3) is 1.79. The van der Waals surface area contributed by atoms with Crippen molar-refractivity contribution in [1.82, 2.24) is 29.2 Å². The van der Waals surface area contributed by atoms with Gasteiger partial charge in [0.2, 0.25) is 15.3 Å². The zero-order valence-corrected chi connectivity index (χ0v) is 15.4. The van der Waals surface area contributed by atoms with Gasteiger partial charge >= 0.3 is 0 Å². The molecular weight excluding hydrogens is 364 g/mol. The van der Waals surface area contributed by atoms with Gasteiger partial charge in [0.15, 0.2) is 5.65 Å². The van der Waals surface area contributed by atoms with E-state index >= 15 is 0 Å². The third-order valence-electron chi connectivity index (χ3n) is 4.60. The number of thiophene rings is 1. The Kier molecular flexibility index (Phi) is 3.03. The predicted molar refractivity (Wildman–Crippen MR) is 96.8 cm³/mol. The first-order valence-corrected chi connectivity index (χ1v) is 9.31. The van der Waals surface area contributed by atoms with E-state index in [9.17, 15) is 0 Å². The van der Waals surface area contributed by atoms with Gasteiger partial charge in [-0.2, -0.15) is 5.10 Å². The summed E-state index contributed by atoms with van der Waals surface area (Å²) in [5.41, 5.74) is 2.10. The van der Waals surface area contributed by atoms with Crippen LogP contribution in [0.25, 0.3) is 21.6 Å². The zero-order chi connectivity index (χ0) is 16.6. The highest BCUT2D eigenvalue weighted by Gasteiger charge is 2.29. The van der Waals surface area contributed by atoms with Crippen LogP contribution in [-0.4, -0.2) is 35.3 Å². The number of aromatic nitrogens is 6. The molecule has 0 spiro atoms. The molecule has 7 nitrogen and oxygen atoms in total. The predicted octanol–water partition coefficient (Wildman–Crippen LogP) is 3.41. The van der Waals surface area contributed by atoms with E-state index < -0.39 is 0 Å². The molecule has 1 aliphatic heterocycles. The molecule has 0 aromatic carbocycles. The fraction of sp³-hybridized carbons (Fsp3) is 0.429. The molecule has 0 amide bonds. The standard InChI is InChI=1S/C14H14N6OS3/c1-5(2)7-3-6-8(4-21-7)24-11-9(6)10-15-17-13(22)19(10)12-16-18-14(23)20(11)12/h5,7H,3-4H2,1-2H3,(H,17,22)(H,18,23)/t7-/m1/s1. The molecule has 0 radical (unpaired) electrons. The molecule has 1 atom stereocenters. The zero-order valence-electron chi connectivity index (χ0n) is 13.0. The maximum Gasteiger partial charge on any atom is 0.243 e. The summed E-state index contributed by atoms with van der Waals surface area (Å²) < 4.78 is 10.9. The minimum absolute atomic E-state index is 0.213. The number of rotatable bonds is 1. The Bertz CT molecular complexity index is 1220. The summed E-state index contributed by atoms with van der Waals surface area (Å²) in [6, 6.07) is 0. The Morgan fingerprint density at radius 3 is 2.75 bits per heavy atom. The van der Waals surface area contributed by atoms with Crippen molar-refractivity contribution in [2.75, 3.05) is 0 Å². The lowest BCUT2D eigenvalue weighted by molar-refractivity contribution is 0.00203. The Morgan fingerprint density at radius 1 is 1.21 bits per heavy atom. The molecule has 5 rings (SSSR count). The first-order chi connectivity index (χ1) is 11.6. The Morgan fingerprint density at radius 2 is 1.96 bits per heavy atom. The molecule has 0 saturated carbocycles. The summed E-state index contributed by atoms with van der Waals surface area (Å²) in [6.07, 6.45) is 1.09. The van der Waals surface area contributed by atoms with E-state index in [1.807, 2.05) is 8.80 Å². The summed E-state index contributed by atoms with van der Waals surface area (Å²) in [5, 5.41) is 15.7. The van der Waals surface area contributed by atoms with Gasteiger partial charge in [-0.25, -0.2) is 13.9 Å². The largest absolute Gasteiger partial charge is 0.372 e. The van der Waals surface area contributed by atoms with E-state index in [4.69, 9.17) is 29.2 Å². The maximum atomic E-state index is 6.03. The molecular formula is C14H14N6OS3. The second-order valence-electron chi connectivity index (χ2n) is 6.33. The Labute approximate surface area is 150 Å². The lowest BCUT2D eigenvalue weighted by atomic mass is 9.96. The number of hydrogen-bond donors (Lipinski definition) is 2. The van der Waals surface area contributed by atoms with Crippen LogP contribution in [0.5, 0.6) is 0 Å². The Hall–Kier alpha value is -1.62. The summed E-state index contributed by atoms with van der Waals surface area (Å²) in [7, 11) is 0. The molecule has 0 fully saturated rings. The number of hydrogen-bond acceptors (Lipinski definition) is 6. The van der Waals surface area contributed by atoms with Gasteiger partial charge in [0.25, 0.3) is 0 Å². The molecule has 124 valence electrons. The highest BCUT2D eigenvalue weighted by atomic mass is 32.1. The number of nitrogens with zero attached hydrogens (tertiary/aromatic N) is 4. The molecule has 2 N–H and O–H groups in total. The van der Waals surface area contributed by atoms with E-state index in [2.05, 4.69) is 34.2 Å². The van der Waals surface area contributed by atoms with Crippen LogP contribution in [0.2, 0.25) is 0 Å². The average molecular weight is 379 g/mol. The number of ether oxygens (including phenoxy) is 1. The lowest BCUT2D eigenvalue weighted by Crippen LogP contribution is -2.26. The summed E-state index contributed by atoms with van der Waals surface area (Å²) in [6.45, 7) is 5.01. The lowest BCUT2D eigenvalue weighted by Gasteiger charge is -2.26. The van der Waals surface area contributed by atoms with E-state index in [-0.39, 0.29) is 6.10 Å². The highest BCUT2D eigenvalue weighted by Crippen LogP contribution is 2.39. The molecule has 1 aliphatic rings. The first-order valence-electron chi connectivity index (χ1n) is 7.68. The maximum absolute atomic E-state index is 6.03. The van der Waals surface area contributed by atoms with Crippen molar-refractivity contribution in [3.8, 4) is 0 Å². The van der Waals surface area contributed by atoms with Crippen LogP contribution in [0.3, 0.4) is 0 Å². The summed E-state index contributed by atoms with van der Waals surface area (Å²) in [4.78, 5) is 2.27. The molecule has 0 saturated heterocycles. The minimum atomic E-state index is 0.213. The average Bonchev–Trinajstić information content (AvgIpc) is 3.22. The molecule has 10 heteroatoms. The topological polar surface area (TPSA) is 75.4 Å². The van der Waals surface area contributed by atoms with Gasteiger partial charge in [-0.1, -0.05) is 13.8 Å². The fourth-order valence-electron chi connectivity index (χ4n) is 3.36. The SMILES string of the molecule is CC(C)[C@H]1Cc2c(sc3c2c2n[nH]c(=S)n2c2n[nH]c(=S)n32)CO1. The molecule has 24 heavy (non-hydrogen) atoms. The van der Waals surface area contributed by atoms with Gasteiger partial charge in [-0.05, 0) is 35.9 Å². The van der Waals surface area contributed by atoms with E-state index in [1.165, 1.54) is 10.4 Å². The fourth-order valence-corrected chi connectivity index (χ4v) is 5.10. The molecule has 0 aliphatic carbocycles. The second kappa shape index (κ2) is 4.94. The van der Waals surface area contributed by atoms with Crippen LogP contribution in [0.1, 0.15) is 24.3 Å². The van der Waals surface area contributed by atoms with Crippen molar-refractivity contribution >= 4 is 57.4 Å². The van der Waals surface area contributed by atoms with Gasteiger partial charge in [-0.3, -0.25) is 5.10 Å². The van der Waals surface area contributed by atoms with Crippen molar-refractivity contribution in [2.24, 2.45) is 5.92 Å². The van der Waals surface area contributed by atoms with Crippen molar-refractivity contribution in [1.29, 1.82) is 0 Å². The molecule has 4 aromatic heterocycles. The van der Waals surface area contributed by atoms with Crippen LogP contribution >= 0.6 is 35.8 Å². The van der Waals surface area contributed by atoms with Crippen molar-refractivity contribution in [3.05, 3.63) is 20.0 Å². The van der Waals surface area contributed by atoms with Gasteiger partial charge in [-0.15, -0.1) is 16.4 Å². The van der Waals surface area contributed by atoms with Crippen molar-refractivity contribution in [2.45, 2.75) is 33.0 Å². The van der Waals surface area contributed by atoms with E-state index in [0.29, 0.717) is 27.8 Å². The number of H-pyrrole nitrogens is 2. The summed E-state index contributed by atoms with van der Waals surface area (Å²) >= 11 is 12.5. The molecule has 4 aromatic rings. The van der Waals surface area contributed by atoms with Crippen LogP contribution in [-0.2, 0) is 17.8 Å². The molecule has 0 bridgehead atoms. The minimum Gasteiger partial charge on any atom is -0.372 e. The van der Waals surface area contributed by atoms with Gasteiger partial charge in [0.05, 0.1) is 18.1 Å². The second-order valence-corrected chi connectivity index (χ2v) is 8.19. The number of aromatic amines is 2. The third-order valence-corrected chi connectivity index (χ3v) is 6.34. The highest BCUT2D eigenvalue weighted by molar-refractivity contribution is 7.71. The number of fused-ring (bicyclic) bond motifs is 8. The van der Waals surface area contributed by atoms with Crippen LogP contribution in [0.4, 0.5) is 0 Å². The molecule has 0 unspecified atom stereocenters. The van der Waals surface area contributed by atoms with Gasteiger partial charge in [0, 0.05) is 11.3 Å². The van der Waals surface area contributed by atoms with Crippen molar-refractivity contribution in [3.63, 3.8) is 0 Å². The van der Waals surface area contributed by atoms with E-state index in [0.717, 1.165) is 22.3 Å². The van der Waals surface area contributed by atoms with Gasteiger partial charge in [0.1, 0.15) is 4.83 Å². The van der Waals surface area contributed by atoms with Crippen LogP contribution < -0.4 is 0 Å². The first kappa shape index (κ1) is 14.7. The Balaban J connectivity index is 1.99. The smallest absolute Gasteiger partial charge is 0.243 e. The van der Waals surface area contributed by atoms with E-state index in [1.54, 1.807) is 11.3 Å². The number of nitrogens with one attached hydrogen (secondary N) is 2. The normalized spacial score (nSPS) is 18.2.